The van der Waals surface area contributed by atoms with Gasteiger partial charge in [0.2, 0.25) is 0 Å². The molecule has 0 bridgehead atoms. The summed E-state index contributed by atoms with van der Waals surface area (Å²) in [6.07, 6.45) is -9.55. The Hall–Kier alpha value is -3.01. The van der Waals surface area contributed by atoms with E-state index in [1.54, 1.807) is 11.7 Å². The molecule has 0 aliphatic rings. The van der Waals surface area contributed by atoms with Crippen LogP contribution in [0.1, 0.15) is 43.2 Å². The van der Waals surface area contributed by atoms with Crippen LogP contribution in [0.15, 0.2) is 36.4 Å². The van der Waals surface area contributed by atoms with E-state index in [4.69, 9.17) is 0 Å². The zero-order valence-electron chi connectivity index (χ0n) is 19.5. The summed E-state index contributed by atoms with van der Waals surface area (Å²) in [5.74, 6) is 0.157. The van der Waals surface area contributed by atoms with Crippen LogP contribution in [0.25, 0.3) is 33.7 Å². The minimum atomic E-state index is -4.83. The van der Waals surface area contributed by atoms with Gasteiger partial charge in [-0.3, -0.25) is 4.68 Å². The standard InChI is InChI=1S/C24H22F6N4.ClH/c1-12-19(34(5)33-20(12)22(2,3)4)21-31-17-11-13(10-16(18(17)32-21)24(28,29)30)14-8-6-7-9-15(14)23(25,26)27;/h6-11H,1-5H3,(H,31,32);1H. The van der Waals surface area contributed by atoms with E-state index in [1.807, 2.05) is 27.7 Å². The highest BCUT2D eigenvalue weighted by atomic mass is 35.5. The molecular weight excluding hydrogens is 494 g/mol. The maximum atomic E-state index is 14.0. The molecule has 0 saturated heterocycles. The predicted molar refractivity (Wildman–Crippen MR) is 124 cm³/mol. The van der Waals surface area contributed by atoms with E-state index in [9.17, 15) is 26.3 Å². The SMILES string of the molecule is Cc1c(C(C)(C)C)nn(C)c1-c1nc2c(C(F)(F)F)cc(-c3ccccc3C(F)(F)F)cc2[nH]1.Cl. The van der Waals surface area contributed by atoms with Crippen molar-refractivity contribution in [3.63, 3.8) is 0 Å². The van der Waals surface area contributed by atoms with E-state index in [1.165, 1.54) is 18.2 Å². The molecule has 4 rings (SSSR count). The molecule has 0 radical (unpaired) electrons. The molecule has 0 atom stereocenters. The molecule has 11 heteroatoms. The Kier molecular flexibility index (Phi) is 6.52. The van der Waals surface area contributed by atoms with Crippen LogP contribution in [0.3, 0.4) is 0 Å². The summed E-state index contributed by atoms with van der Waals surface area (Å²) in [6.45, 7) is 7.72. The highest BCUT2D eigenvalue weighted by Gasteiger charge is 2.37. The molecule has 0 spiro atoms. The molecule has 4 aromatic rings. The smallest absolute Gasteiger partial charge is 0.337 e. The van der Waals surface area contributed by atoms with Crippen molar-refractivity contribution in [2.75, 3.05) is 0 Å². The van der Waals surface area contributed by atoms with Gasteiger partial charge in [-0.2, -0.15) is 31.4 Å². The summed E-state index contributed by atoms with van der Waals surface area (Å²) >= 11 is 0. The van der Waals surface area contributed by atoms with E-state index >= 15 is 0 Å². The number of aromatic nitrogens is 4. The van der Waals surface area contributed by atoms with Gasteiger partial charge in [-0.25, -0.2) is 4.98 Å². The molecule has 0 amide bonds. The van der Waals surface area contributed by atoms with E-state index in [2.05, 4.69) is 15.1 Å². The van der Waals surface area contributed by atoms with Gasteiger partial charge in [-0.05, 0) is 36.2 Å². The van der Waals surface area contributed by atoms with Gasteiger partial charge in [0.05, 0.1) is 22.3 Å². The molecule has 2 heterocycles. The molecule has 35 heavy (non-hydrogen) atoms. The third-order valence-electron chi connectivity index (χ3n) is 5.65. The maximum Gasteiger partial charge on any atom is 0.418 e. The van der Waals surface area contributed by atoms with Crippen molar-refractivity contribution in [2.24, 2.45) is 7.05 Å². The number of nitrogens with zero attached hydrogens (tertiary/aromatic N) is 3. The average molecular weight is 517 g/mol. The number of nitrogens with one attached hydrogen (secondary N) is 1. The van der Waals surface area contributed by atoms with Crippen LogP contribution >= 0.6 is 12.4 Å². The first-order valence-corrected chi connectivity index (χ1v) is 10.4. The lowest BCUT2D eigenvalue weighted by molar-refractivity contribution is -0.137. The van der Waals surface area contributed by atoms with Crippen LogP contribution in [0, 0.1) is 6.92 Å². The van der Waals surface area contributed by atoms with Gasteiger partial charge in [-0.1, -0.05) is 39.0 Å². The number of imidazole rings is 1. The van der Waals surface area contributed by atoms with Crippen molar-refractivity contribution in [3.05, 3.63) is 58.8 Å². The number of fused-ring (bicyclic) bond motifs is 1. The van der Waals surface area contributed by atoms with Crippen molar-refractivity contribution in [1.82, 2.24) is 19.7 Å². The van der Waals surface area contributed by atoms with Crippen molar-refractivity contribution in [3.8, 4) is 22.6 Å². The van der Waals surface area contributed by atoms with Crippen LogP contribution in [0.2, 0.25) is 0 Å². The van der Waals surface area contributed by atoms with Crippen LogP contribution in [0.4, 0.5) is 26.3 Å². The van der Waals surface area contributed by atoms with Gasteiger partial charge >= 0.3 is 12.4 Å². The van der Waals surface area contributed by atoms with E-state index < -0.39 is 23.5 Å². The molecular formula is C24H23ClF6N4. The van der Waals surface area contributed by atoms with Crippen LogP contribution in [-0.2, 0) is 24.8 Å². The highest BCUT2D eigenvalue weighted by Crippen LogP contribution is 2.42. The molecule has 0 aliphatic carbocycles. The Morgan fingerprint density at radius 3 is 2.03 bits per heavy atom. The Balaban J connectivity index is 0.00000342. The zero-order chi connectivity index (χ0) is 25.2. The zero-order valence-corrected chi connectivity index (χ0v) is 20.3. The van der Waals surface area contributed by atoms with Crippen molar-refractivity contribution in [2.45, 2.75) is 45.5 Å². The second-order valence-corrected chi connectivity index (χ2v) is 9.24. The minimum absolute atomic E-state index is 0. The first-order chi connectivity index (χ1) is 15.6. The molecule has 0 saturated carbocycles. The fourth-order valence-electron chi connectivity index (χ4n) is 4.26. The second-order valence-electron chi connectivity index (χ2n) is 9.24. The largest absolute Gasteiger partial charge is 0.418 e. The van der Waals surface area contributed by atoms with Crippen LogP contribution in [0.5, 0.6) is 0 Å². The Bertz CT molecular complexity index is 1390. The third-order valence-corrected chi connectivity index (χ3v) is 5.65. The van der Waals surface area contributed by atoms with E-state index in [0.29, 0.717) is 11.8 Å². The first kappa shape index (κ1) is 26.6. The quantitative estimate of drug-likeness (QED) is 0.277. The fourth-order valence-corrected chi connectivity index (χ4v) is 4.26. The average Bonchev–Trinajstić information content (AvgIpc) is 3.25. The monoisotopic (exact) mass is 516 g/mol. The molecule has 4 nitrogen and oxygen atoms in total. The lowest BCUT2D eigenvalue weighted by Crippen LogP contribution is -2.13. The Morgan fingerprint density at radius 2 is 1.49 bits per heavy atom. The normalized spacial score (nSPS) is 12.8. The van der Waals surface area contributed by atoms with Crippen molar-refractivity contribution in [1.29, 1.82) is 0 Å². The van der Waals surface area contributed by atoms with Crippen LogP contribution in [-0.4, -0.2) is 19.7 Å². The van der Waals surface area contributed by atoms with Gasteiger partial charge < -0.3 is 4.98 Å². The number of hydrogen-bond acceptors (Lipinski definition) is 2. The Labute approximate surface area is 203 Å². The predicted octanol–water partition coefficient (Wildman–Crippen LogP) is 7.70. The topological polar surface area (TPSA) is 46.5 Å². The highest BCUT2D eigenvalue weighted by molar-refractivity contribution is 5.88. The summed E-state index contributed by atoms with van der Waals surface area (Å²) in [5.41, 5.74) is -1.35. The molecule has 0 fully saturated rings. The number of hydrogen-bond donors (Lipinski definition) is 1. The minimum Gasteiger partial charge on any atom is -0.337 e. The maximum absolute atomic E-state index is 14.0. The number of rotatable bonds is 2. The summed E-state index contributed by atoms with van der Waals surface area (Å²) in [4.78, 5) is 7.10. The van der Waals surface area contributed by atoms with Gasteiger partial charge in [0.1, 0.15) is 11.2 Å². The lowest BCUT2D eigenvalue weighted by Gasteiger charge is -2.16. The van der Waals surface area contributed by atoms with Crippen molar-refractivity contribution < 1.29 is 26.3 Å². The molecule has 2 aromatic carbocycles. The summed E-state index contributed by atoms with van der Waals surface area (Å²) in [5, 5.41) is 4.51. The molecule has 1 N–H and O–H groups in total. The number of benzene rings is 2. The number of alkyl halides is 6. The molecule has 188 valence electrons. The van der Waals surface area contributed by atoms with Gasteiger partial charge in [0, 0.05) is 18.0 Å². The summed E-state index contributed by atoms with van der Waals surface area (Å²) in [7, 11) is 1.67. The number of H-pyrrole nitrogens is 1. The van der Waals surface area contributed by atoms with E-state index in [-0.39, 0.29) is 45.8 Å². The van der Waals surface area contributed by atoms with Gasteiger partial charge in [-0.15, -0.1) is 12.4 Å². The molecule has 0 aliphatic heterocycles. The second kappa shape index (κ2) is 8.58. The third kappa shape index (κ3) is 4.76. The first-order valence-electron chi connectivity index (χ1n) is 10.4. The fraction of sp³-hybridized carbons (Fsp3) is 0.333. The van der Waals surface area contributed by atoms with Crippen LogP contribution < -0.4 is 0 Å². The number of aromatic amines is 1. The number of aryl methyl sites for hydroxylation is 1. The van der Waals surface area contributed by atoms with Gasteiger partial charge in [0.25, 0.3) is 0 Å². The summed E-state index contributed by atoms with van der Waals surface area (Å²) in [6, 6.07) is 6.53. The molecule has 0 unspecified atom stereocenters. The Morgan fingerprint density at radius 1 is 0.886 bits per heavy atom. The molecule has 2 aromatic heterocycles. The summed E-state index contributed by atoms with van der Waals surface area (Å²) < 4.78 is 84.1. The van der Waals surface area contributed by atoms with Crippen molar-refractivity contribution >= 4 is 23.4 Å². The van der Waals surface area contributed by atoms with Gasteiger partial charge in [0.15, 0.2) is 5.82 Å². The number of halogens is 7. The van der Waals surface area contributed by atoms with E-state index in [0.717, 1.165) is 23.4 Å². The lowest BCUT2D eigenvalue weighted by atomic mass is 9.89.